The molecule has 0 saturated heterocycles. The van der Waals surface area contributed by atoms with Crippen molar-refractivity contribution in [3.63, 3.8) is 0 Å². The lowest BCUT2D eigenvalue weighted by atomic mass is 9.99. The lowest BCUT2D eigenvalue weighted by Gasteiger charge is -2.16. The third kappa shape index (κ3) is 2.80. The fourth-order valence-corrected chi connectivity index (χ4v) is 1.86. The van der Waals surface area contributed by atoms with Gasteiger partial charge in [0.05, 0.1) is 0 Å². The van der Waals surface area contributed by atoms with E-state index in [1.54, 1.807) is 0 Å². The molecule has 2 unspecified atom stereocenters. The summed E-state index contributed by atoms with van der Waals surface area (Å²) < 4.78 is 12.6. The van der Waals surface area contributed by atoms with E-state index in [0.29, 0.717) is 10.7 Å². The van der Waals surface area contributed by atoms with Crippen LogP contribution in [-0.2, 0) is 0 Å². The molecule has 0 aromatic heterocycles. The van der Waals surface area contributed by atoms with Crippen molar-refractivity contribution >= 4 is 15.9 Å². The van der Waals surface area contributed by atoms with Gasteiger partial charge in [-0.2, -0.15) is 0 Å². The minimum absolute atomic E-state index is 0.174. The standard InChI is InChI=1S/C11H14BrF/c1-3-8(2)11(12)9-4-6-10(13)7-5-9/h4-8,11H,3H2,1-2H3. The lowest BCUT2D eigenvalue weighted by Crippen LogP contribution is -2.01. The van der Waals surface area contributed by atoms with E-state index in [9.17, 15) is 4.39 Å². The van der Waals surface area contributed by atoms with Gasteiger partial charge in [-0.05, 0) is 23.6 Å². The van der Waals surface area contributed by atoms with Gasteiger partial charge in [0.1, 0.15) is 5.82 Å². The third-order valence-corrected chi connectivity index (χ3v) is 3.76. The highest BCUT2D eigenvalue weighted by molar-refractivity contribution is 9.09. The van der Waals surface area contributed by atoms with Crippen molar-refractivity contribution in [3.05, 3.63) is 35.6 Å². The van der Waals surface area contributed by atoms with Gasteiger partial charge >= 0.3 is 0 Å². The van der Waals surface area contributed by atoms with Crippen molar-refractivity contribution in [2.75, 3.05) is 0 Å². The predicted octanol–water partition coefficient (Wildman–Crippen LogP) is 4.31. The third-order valence-electron chi connectivity index (χ3n) is 2.33. The Labute approximate surface area is 87.3 Å². The molecule has 0 bridgehead atoms. The summed E-state index contributed by atoms with van der Waals surface area (Å²) in [4.78, 5) is 0.332. The molecule has 0 spiro atoms. The fourth-order valence-electron chi connectivity index (χ4n) is 1.18. The first-order chi connectivity index (χ1) is 6.15. The maximum absolute atomic E-state index is 12.6. The quantitative estimate of drug-likeness (QED) is 0.696. The summed E-state index contributed by atoms with van der Waals surface area (Å²) in [6, 6.07) is 6.68. The summed E-state index contributed by atoms with van der Waals surface area (Å²) in [5, 5.41) is 0. The van der Waals surface area contributed by atoms with Gasteiger partial charge in [-0.3, -0.25) is 0 Å². The van der Waals surface area contributed by atoms with Crippen LogP contribution in [0.3, 0.4) is 0 Å². The van der Waals surface area contributed by atoms with Crippen LogP contribution in [0.1, 0.15) is 30.7 Å². The zero-order chi connectivity index (χ0) is 9.84. The van der Waals surface area contributed by atoms with Crippen LogP contribution >= 0.6 is 15.9 Å². The molecule has 72 valence electrons. The van der Waals surface area contributed by atoms with E-state index in [1.807, 2.05) is 12.1 Å². The molecule has 0 saturated carbocycles. The predicted molar refractivity (Wildman–Crippen MR) is 57.5 cm³/mol. The minimum atomic E-state index is -0.174. The number of halogens is 2. The fraction of sp³-hybridized carbons (Fsp3) is 0.455. The lowest BCUT2D eigenvalue weighted by molar-refractivity contribution is 0.554. The average molecular weight is 245 g/mol. The Morgan fingerprint density at radius 1 is 1.31 bits per heavy atom. The monoisotopic (exact) mass is 244 g/mol. The molecule has 1 aromatic rings. The molecule has 0 heterocycles. The highest BCUT2D eigenvalue weighted by atomic mass is 79.9. The molecule has 13 heavy (non-hydrogen) atoms. The minimum Gasteiger partial charge on any atom is -0.207 e. The van der Waals surface area contributed by atoms with E-state index in [0.717, 1.165) is 12.0 Å². The van der Waals surface area contributed by atoms with Crippen molar-refractivity contribution in [2.45, 2.75) is 25.1 Å². The van der Waals surface area contributed by atoms with Gasteiger partial charge in [0, 0.05) is 4.83 Å². The van der Waals surface area contributed by atoms with Crippen LogP contribution in [0.25, 0.3) is 0 Å². The van der Waals surface area contributed by atoms with Crippen LogP contribution < -0.4 is 0 Å². The van der Waals surface area contributed by atoms with Gasteiger partial charge in [0.15, 0.2) is 0 Å². The number of hydrogen-bond donors (Lipinski definition) is 0. The van der Waals surface area contributed by atoms with Crippen LogP contribution in [0.4, 0.5) is 4.39 Å². The zero-order valence-corrected chi connectivity index (χ0v) is 9.51. The van der Waals surface area contributed by atoms with Crippen LogP contribution in [0, 0.1) is 11.7 Å². The molecule has 2 heteroatoms. The second-order valence-corrected chi connectivity index (χ2v) is 4.33. The topological polar surface area (TPSA) is 0 Å². The molecule has 0 amide bonds. The van der Waals surface area contributed by atoms with E-state index in [-0.39, 0.29) is 5.82 Å². The number of alkyl halides is 1. The first kappa shape index (κ1) is 10.7. The number of rotatable bonds is 3. The molecular formula is C11H14BrF. The van der Waals surface area contributed by atoms with Crippen molar-refractivity contribution in [1.29, 1.82) is 0 Å². The van der Waals surface area contributed by atoms with Crippen LogP contribution in [0.15, 0.2) is 24.3 Å². The summed E-state index contributed by atoms with van der Waals surface area (Å²) in [7, 11) is 0. The molecular weight excluding hydrogens is 231 g/mol. The second-order valence-electron chi connectivity index (χ2n) is 3.34. The van der Waals surface area contributed by atoms with Crippen LogP contribution in [0.5, 0.6) is 0 Å². The van der Waals surface area contributed by atoms with Crippen molar-refractivity contribution in [1.82, 2.24) is 0 Å². The van der Waals surface area contributed by atoms with E-state index in [1.165, 1.54) is 12.1 Å². The summed E-state index contributed by atoms with van der Waals surface area (Å²) in [6.07, 6.45) is 1.12. The van der Waals surface area contributed by atoms with Crippen molar-refractivity contribution < 1.29 is 4.39 Å². The Balaban J connectivity index is 2.77. The molecule has 2 atom stereocenters. The molecule has 1 aromatic carbocycles. The van der Waals surface area contributed by atoms with Gasteiger partial charge in [0.2, 0.25) is 0 Å². The largest absolute Gasteiger partial charge is 0.207 e. The van der Waals surface area contributed by atoms with E-state index >= 15 is 0 Å². The molecule has 0 aliphatic rings. The van der Waals surface area contributed by atoms with Gasteiger partial charge in [-0.1, -0.05) is 48.3 Å². The Morgan fingerprint density at radius 3 is 2.31 bits per heavy atom. The number of benzene rings is 1. The number of hydrogen-bond acceptors (Lipinski definition) is 0. The summed E-state index contributed by atoms with van der Waals surface area (Å²) in [5.74, 6) is 0.401. The molecule has 0 aliphatic heterocycles. The normalized spacial score (nSPS) is 15.4. The smallest absolute Gasteiger partial charge is 0.123 e. The summed E-state index contributed by atoms with van der Waals surface area (Å²) in [5.41, 5.74) is 1.15. The highest BCUT2D eigenvalue weighted by Gasteiger charge is 2.13. The Bertz CT molecular complexity index is 255. The van der Waals surface area contributed by atoms with Crippen LogP contribution in [-0.4, -0.2) is 0 Å². The van der Waals surface area contributed by atoms with E-state index in [2.05, 4.69) is 29.8 Å². The molecule has 0 nitrogen and oxygen atoms in total. The van der Waals surface area contributed by atoms with Crippen molar-refractivity contribution in [3.8, 4) is 0 Å². The molecule has 0 fully saturated rings. The molecule has 0 aliphatic carbocycles. The summed E-state index contributed by atoms with van der Waals surface area (Å²) >= 11 is 3.61. The van der Waals surface area contributed by atoms with E-state index < -0.39 is 0 Å². The zero-order valence-electron chi connectivity index (χ0n) is 7.93. The molecule has 1 rings (SSSR count). The first-order valence-corrected chi connectivity index (χ1v) is 5.46. The maximum atomic E-state index is 12.6. The molecule has 0 N–H and O–H groups in total. The van der Waals surface area contributed by atoms with Gasteiger partial charge < -0.3 is 0 Å². The van der Waals surface area contributed by atoms with Crippen molar-refractivity contribution in [2.24, 2.45) is 5.92 Å². The SMILES string of the molecule is CCC(C)C(Br)c1ccc(F)cc1. The second kappa shape index (κ2) is 4.75. The Kier molecular flexibility index (Phi) is 3.91. The Hall–Kier alpha value is -0.370. The van der Waals surface area contributed by atoms with Crippen LogP contribution in [0.2, 0.25) is 0 Å². The average Bonchev–Trinajstić information content (AvgIpc) is 2.17. The van der Waals surface area contributed by atoms with Gasteiger partial charge in [0.25, 0.3) is 0 Å². The van der Waals surface area contributed by atoms with Gasteiger partial charge in [-0.15, -0.1) is 0 Å². The highest BCUT2D eigenvalue weighted by Crippen LogP contribution is 2.32. The maximum Gasteiger partial charge on any atom is 0.123 e. The molecule has 0 radical (unpaired) electrons. The summed E-state index contributed by atoms with van der Waals surface area (Å²) in [6.45, 7) is 4.34. The van der Waals surface area contributed by atoms with Gasteiger partial charge in [-0.25, -0.2) is 4.39 Å². The van der Waals surface area contributed by atoms with E-state index in [4.69, 9.17) is 0 Å². The Morgan fingerprint density at radius 2 is 1.85 bits per heavy atom. The first-order valence-electron chi connectivity index (χ1n) is 4.54.